The maximum Gasteiger partial charge on any atom is 0.165 e. The second-order valence-electron chi connectivity index (χ2n) is 5.15. The zero-order valence-electron chi connectivity index (χ0n) is 9.29. The minimum atomic E-state index is -1.32. The molecule has 4 N–H and O–H groups in total. The molecule has 1 aliphatic heterocycles. The van der Waals surface area contributed by atoms with Gasteiger partial charge in [-0.05, 0) is 5.41 Å². The van der Waals surface area contributed by atoms with Gasteiger partial charge in [0.1, 0.15) is 0 Å². The molecular formula is C10H20O5. The lowest BCUT2D eigenvalue weighted by Gasteiger charge is -2.45. The van der Waals surface area contributed by atoms with Crippen LogP contribution in [0.5, 0.6) is 0 Å². The highest BCUT2D eigenvalue weighted by atomic mass is 16.7. The van der Waals surface area contributed by atoms with Crippen LogP contribution in [-0.4, -0.2) is 45.7 Å². The number of aliphatic hydroxyl groups is 4. The van der Waals surface area contributed by atoms with Gasteiger partial charge >= 0.3 is 0 Å². The monoisotopic (exact) mass is 220 g/mol. The maximum atomic E-state index is 9.95. The molecule has 1 heterocycles. The van der Waals surface area contributed by atoms with E-state index in [4.69, 9.17) is 9.84 Å². The van der Waals surface area contributed by atoms with Crippen molar-refractivity contribution in [3.63, 3.8) is 0 Å². The van der Waals surface area contributed by atoms with Crippen LogP contribution in [0, 0.1) is 17.3 Å². The molecule has 15 heavy (non-hydrogen) atoms. The van der Waals surface area contributed by atoms with Crippen molar-refractivity contribution in [2.24, 2.45) is 17.3 Å². The van der Waals surface area contributed by atoms with Crippen LogP contribution in [-0.2, 0) is 4.74 Å². The van der Waals surface area contributed by atoms with Gasteiger partial charge in [0.25, 0.3) is 0 Å². The highest BCUT2D eigenvalue weighted by Gasteiger charge is 2.48. The average Bonchev–Trinajstić information content (AvgIpc) is 2.00. The summed E-state index contributed by atoms with van der Waals surface area (Å²) in [5, 5.41) is 38.0. The van der Waals surface area contributed by atoms with E-state index in [0.717, 1.165) is 0 Å². The minimum absolute atomic E-state index is 0.369. The molecule has 5 heteroatoms. The van der Waals surface area contributed by atoms with Crippen molar-refractivity contribution in [2.45, 2.75) is 39.5 Å². The summed E-state index contributed by atoms with van der Waals surface area (Å²) in [6.45, 7) is 5.21. The molecule has 90 valence electrons. The van der Waals surface area contributed by atoms with E-state index in [-0.39, 0.29) is 12.0 Å². The van der Waals surface area contributed by atoms with Gasteiger partial charge in [0, 0.05) is 5.92 Å². The first-order valence-corrected chi connectivity index (χ1v) is 5.09. The fraction of sp³-hybridized carbons (Fsp3) is 1.00. The Morgan fingerprint density at radius 2 is 1.60 bits per heavy atom. The zero-order valence-corrected chi connectivity index (χ0v) is 9.29. The molecule has 5 unspecified atom stereocenters. The Hall–Kier alpha value is -0.200. The number of hydrogen-bond donors (Lipinski definition) is 4. The van der Waals surface area contributed by atoms with Gasteiger partial charge < -0.3 is 25.2 Å². The molecule has 0 bridgehead atoms. The van der Waals surface area contributed by atoms with Gasteiger partial charge in [0.2, 0.25) is 0 Å². The largest absolute Gasteiger partial charge is 0.396 e. The normalized spacial score (nSPS) is 43.0. The molecule has 0 saturated carbocycles. The van der Waals surface area contributed by atoms with E-state index in [2.05, 4.69) is 0 Å². The van der Waals surface area contributed by atoms with Crippen molar-refractivity contribution in [1.29, 1.82) is 0 Å². The van der Waals surface area contributed by atoms with Crippen LogP contribution >= 0.6 is 0 Å². The van der Waals surface area contributed by atoms with Gasteiger partial charge in [-0.3, -0.25) is 0 Å². The SMILES string of the molecule is CC(C)(C)C1C(O)OC(O)C(CO)C1O. The number of hydrogen-bond acceptors (Lipinski definition) is 5. The van der Waals surface area contributed by atoms with Gasteiger partial charge in [0.15, 0.2) is 12.6 Å². The Bertz CT molecular complexity index is 212. The van der Waals surface area contributed by atoms with E-state index >= 15 is 0 Å². The summed E-state index contributed by atoms with van der Waals surface area (Å²) in [7, 11) is 0. The Balaban J connectivity index is 2.88. The van der Waals surface area contributed by atoms with Crippen molar-refractivity contribution in [1.82, 2.24) is 0 Å². The molecule has 0 aromatic heterocycles. The summed E-state index contributed by atoms with van der Waals surface area (Å²) >= 11 is 0. The van der Waals surface area contributed by atoms with Crippen molar-refractivity contribution < 1.29 is 25.2 Å². The summed E-state index contributed by atoms with van der Waals surface area (Å²) in [4.78, 5) is 0. The van der Waals surface area contributed by atoms with E-state index in [0.29, 0.717) is 0 Å². The highest BCUT2D eigenvalue weighted by molar-refractivity contribution is 4.90. The smallest absolute Gasteiger partial charge is 0.165 e. The van der Waals surface area contributed by atoms with E-state index in [1.807, 2.05) is 20.8 Å². The lowest BCUT2D eigenvalue weighted by Crippen LogP contribution is -2.56. The summed E-state index contributed by atoms with van der Waals surface area (Å²) in [6, 6.07) is 0. The third kappa shape index (κ3) is 2.49. The first-order valence-electron chi connectivity index (χ1n) is 5.09. The summed E-state index contributed by atoms with van der Waals surface area (Å²) in [6.07, 6.45) is -3.51. The molecule has 1 fully saturated rings. The van der Waals surface area contributed by atoms with Crippen LogP contribution in [0.3, 0.4) is 0 Å². The predicted molar refractivity (Wildman–Crippen MR) is 52.6 cm³/mol. The molecule has 5 nitrogen and oxygen atoms in total. The number of aliphatic hydroxyl groups excluding tert-OH is 4. The molecule has 0 aliphatic carbocycles. The highest BCUT2D eigenvalue weighted by Crippen LogP contribution is 2.39. The third-order valence-electron chi connectivity index (χ3n) is 2.97. The molecule has 0 amide bonds. The Morgan fingerprint density at radius 1 is 1.07 bits per heavy atom. The Labute approximate surface area is 89.3 Å². The average molecular weight is 220 g/mol. The van der Waals surface area contributed by atoms with Gasteiger partial charge in [-0.25, -0.2) is 0 Å². The molecule has 0 spiro atoms. The zero-order chi connectivity index (χ0) is 11.8. The van der Waals surface area contributed by atoms with Gasteiger partial charge in [0.05, 0.1) is 18.6 Å². The van der Waals surface area contributed by atoms with E-state index in [9.17, 15) is 15.3 Å². The number of ether oxygens (including phenoxy) is 1. The quantitative estimate of drug-likeness (QED) is 0.468. The molecule has 1 saturated heterocycles. The van der Waals surface area contributed by atoms with E-state index < -0.39 is 30.5 Å². The van der Waals surface area contributed by atoms with Gasteiger partial charge in [-0.15, -0.1) is 0 Å². The molecular weight excluding hydrogens is 200 g/mol. The van der Waals surface area contributed by atoms with Crippen molar-refractivity contribution >= 4 is 0 Å². The first-order chi connectivity index (χ1) is 6.79. The lowest BCUT2D eigenvalue weighted by atomic mass is 9.72. The summed E-state index contributed by atoms with van der Waals surface area (Å²) in [5.41, 5.74) is -0.369. The van der Waals surface area contributed by atoms with Crippen LogP contribution in [0.25, 0.3) is 0 Å². The van der Waals surface area contributed by atoms with Crippen LogP contribution in [0.1, 0.15) is 20.8 Å². The van der Waals surface area contributed by atoms with E-state index in [1.165, 1.54) is 0 Å². The fourth-order valence-electron chi connectivity index (χ4n) is 2.07. The van der Waals surface area contributed by atoms with Crippen LogP contribution < -0.4 is 0 Å². The Morgan fingerprint density at radius 3 is 2.00 bits per heavy atom. The molecule has 5 atom stereocenters. The van der Waals surface area contributed by atoms with Crippen molar-refractivity contribution in [2.75, 3.05) is 6.61 Å². The molecule has 1 aliphatic rings. The van der Waals surface area contributed by atoms with Crippen LogP contribution in [0.2, 0.25) is 0 Å². The standard InChI is InChI=1S/C10H20O5/c1-10(2,3)6-7(12)5(4-11)8(13)15-9(6)14/h5-9,11-14H,4H2,1-3H3. The summed E-state index contributed by atoms with van der Waals surface area (Å²) in [5.74, 6) is -1.30. The van der Waals surface area contributed by atoms with Crippen molar-refractivity contribution in [3.05, 3.63) is 0 Å². The molecule has 0 radical (unpaired) electrons. The van der Waals surface area contributed by atoms with Crippen molar-refractivity contribution in [3.8, 4) is 0 Å². The van der Waals surface area contributed by atoms with Gasteiger partial charge in [-0.2, -0.15) is 0 Å². The van der Waals surface area contributed by atoms with Crippen LogP contribution in [0.4, 0.5) is 0 Å². The Kier molecular flexibility index (Phi) is 3.73. The lowest BCUT2D eigenvalue weighted by molar-refractivity contribution is -0.321. The maximum absolute atomic E-state index is 9.95. The fourth-order valence-corrected chi connectivity index (χ4v) is 2.07. The first kappa shape index (κ1) is 12.9. The summed E-state index contributed by atoms with van der Waals surface area (Å²) < 4.78 is 4.89. The topological polar surface area (TPSA) is 90.2 Å². The predicted octanol–water partition coefficient (Wildman–Crippen LogP) is -0.715. The second kappa shape index (κ2) is 4.35. The second-order valence-corrected chi connectivity index (χ2v) is 5.15. The third-order valence-corrected chi connectivity index (χ3v) is 2.97. The molecule has 1 rings (SSSR count). The van der Waals surface area contributed by atoms with Crippen LogP contribution in [0.15, 0.2) is 0 Å². The molecule has 0 aromatic carbocycles. The molecule has 0 aromatic rings. The minimum Gasteiger partial charge on any atom is -0.396 e. The van der Waals surface area contributed by atoms with Gasteiger partial charge in [-0.1, -0.05) is 20.8 Å². The van der Waals surface area contributed by atoms with E-state index in [1.54, 1.807) is 0 Å². The number of rotatable bonds is 1.